The van der Waals surface area contributed by atoms with Crippen LogP contribution >= 0.6 is 0 Å². The first-order chi connectivity index (χ1) is 8.59. The van der Waals surface area contributed by atoms with Crippen LogP contribution in [0.5, 0.6) is 0 Å². The molecule has 0 aromatic rings. The molecule has 0 heterocycles. The topological polar surface area (TPSA) is 47.7 Å². The van der Waals surface area contributed by atoms with Gasteiger partial charge < -0.3 is 15.2 Å². The molecule has 0 spiro atoms. The summed E-state index contributed by atoms with van der Waals surface area (Å²) in [5.41, 5.74) is 6.02. The SMILES string of the molecule is CCC(CC)N(CCOC)C(C)(CN)CCOC. The Kier molecular flexibility index (Phi) is 9.64. The largest absolute Gasteiger partial charge is 0.385 e. The molecule has 0 bridgehead atoms. The number of rotatable bonds is 11. The van der Waals surface area contributed by atoms with Crippen LogP contribution in [0.3, 0.4) is 0 Å². The fraction of sp³-hybridized carbons (Fsp3) is 1.00. The Bertz CT molecular complexity index is 198. The van der Waals surface area contributed by atoms with Gasteiger partial charge in [0.1, 0.15) is 0 Å². The molecule has 1 atom stereocenters. The molecule has 0 saturated heterocycles. The van der Waals surface area contributed by atoms with Gasteiger partial charge in [0, 0.05) is 45.5 Å². The molecule has 0 rings (SSSR count). The molecule has 0 amide bonds. The second kappa shape index (κ2) is 9.73. The predicted molar refractivity (Wildman–Crippen MR) is 76.9 cm³/mol. The second-order valence-electron chi connectivity index (χ2n) is 5.10. The van der Waals surface area contributed by atoms with E-state index in [4.69, 9.17) is 15.2 Å². The maximum absolute atomic E-state index is 6.03. The van der Waals surface area contributed by atoms with E-state index in [0.29, 0.717) is 12.6 Å². The van der Waals surface area contributed by atoms with Gasteiger partial charge in [0.2, 0.25) is 0 Å². The highest BCUT2D eigenvalue weighted by atomic mass is 16.5. The van der Waals surface area contributed by atoms with Gasteiger partial charge in [0.15, 0.2) is 0 Å². The summed E-state index contributed by atoms with van der Waals surface area (Å²) >= 11 is 0. The molecule has 2 N–H and O–H groups in total. The zero-order valence-corrected chi connectivity index (χ0v) is 12.9. The summed E-state index contributed by atoms with van der Waals surface area (Å²) in [6.45, 7) is 9.79. The van der Waals surface area contributed by atoms with E-state index in [1.165, 1.54) is 0 Å². The molecule has 0 saturated carbocycles. The van der Waals surface area contributed by atoms with E-state index < -0.39 is 0 Å². The van der Waals surface area contributed by atoms with Crippen molar-refractivity contribution in [2.45, 2.75) is 51.6 Å². The van der Waals surface area contributed by atoms with Crippen molar-refractivity contribution < 1.29 is 9.47 Å². The summed E-state index contributed by atoms with van der Waals surface area (Å²) < 4.78 is 10.5. The quantitative estimate of drug-likeness (QED) is 0.616. The zero-order valence-electron chi connectivity index (χ0n) is 12.9. The molecule has 0 aliphatic heterocycles. The van der Waals surface area contributed by atoms with Crippen LogP contribution in [0.2, 0.25) is 0 Å². The lowest BCUT2D eigenvalue weighted by atomic mass is 9.92. The van der Waals surface area contributed by atoms with E-state index in [1.807, 2.05) is 0 Å². The Morgan fingerprint density at radius 1 is 1.11 bits per heavy atom. The Morgan fingerprint density at radius 3 is 2.06 bits per heavy atom. The smallest absolute Gasteiger partial charge is 0.0590 e. The average Bonchev–Trinajstić information content (AvgIpc) is 2.40. The van der Waals surface area contributed by atoms with Gasteiger partial charge in [0.25, 0.3) is 0 Å². The van der Waals surface area contributed by atoms with Crippen molar-refractivity contribution in [2.24, 2.45) is 5.73 Å². The molecular formula is C14H32N2O2. The summed E-state index contributed by atoms with van der Waals surface area (Å²) in [7, 11) is 3.49. The molecule has 0 radical (unpaired) electrons. The third-order valence-corrected chi connectivity index (χ3v) is 3.90. The molecule has 4 heteroatoms. The van der Waals surface area contributed by atoms with E-state index in [9.17, 15) is 0 Å². The van der Waals surface area contributed by atoms with E-state index in [2.05, 4.69) is 25.7 Å². The lowest BCUT2D eigenvalue weighted by Gasteiger charge is -2.45. The lowest BCUT2D eigenvalue weighted by molar-refractivity contribution is 0.0108. The first-order valence-electron chi connectivity index (χ1n) is 7.04. The zero-order chi connectivity index (χ0) is 14.0. The summed E-state index contributed by atoms with van der Waals surface area (Å²) in [4.78, 5) is 2.51. The highest BCUT2D eigenvalue weighted by molar-refractivity contribution is 4.90. The monoisotopic (exact) mass is 260 g/mol. The molecule has 0 aliphatic carbocycles. The number of ether oxygens (including phenoxy) is 2. The minimum Gasteiger partial charge on any atom is -0.385 e. The van der Waals surface area contributed by atoms with Crippen molar-refractivity contribution in [2.75, 3.05) is 40.5 Å². The Labute approximate surface area is 113 Å². The normalized spacial score (nSPS) is 15.3. The van der Waals surface area contributed by atoms with Crippen LogP contribution in [0.1, 0.15) is 40.0 Å². The molecule has 4 nitrogen and oxygen atoms in total. The first kappa shape index (κ1) is 17.8. The number of nitrogens with two attached hydrogens (primary N) is 1. The number of hydrogen-bond donors (Lipinski definition) is 1. The van der Waals surface area contributed by atoms with Gasteiger partial charge in [-0.1, -0.05) is 13.8 Å². The standard InChI is InChI=1S/C14H32N2O2/c1-6-13(7-2)16(9-11-18-5)14(3,12-15)8-10-17-4/h13H,6-12,15H2,1-5H3. The summed E-state index contributed by atoms with van der Waals surface area (Å²) in [5, 5.41) is 0. The lowest BCUT2D eigenvalue weighted by Crippen LogP contribution is -2.57. The molecule has 0 fully saturated rings. The van der Waals surface area contributed by atoms with Crippen LogP contribution < -0.4 is 5.73 Å². The fourth-order valence-corrected chi connectivity index (χ4v) is 2.50. The minimum atomic E-state index is -0.00870. The van der Waals surface area contributed by atoms with E-state index in [0.717, 1.165) is 39.0 Å². The van der Waals surface area contributed by atoms with E-state index in [1.54, 1.807) is 14.2 Å². The fourth-order valence-electron chi connectivity index (χ4n) is 2.50. The van der Waals surface area contributed by atoms with Gasteiger partial charge in [-0.15, -0.1) is 0 Å². The minimum absolute atomic E-state index is 0.00870. The van der Waals surface area contributed by atoms with Crippen LogP contribution in [0, 0.1) is 0 Å². The van der Waals surface area contributed by atoms with Gasteiger partial charge in [-0.3, -0.25) is 4.90 Å². The van der Waals surface area contributed by atoms with E-state index >= 15 is 0 Å². The van der Waals surface area contributed by atoms with Crippen molar-refractivity contribution in [1.29, 1.82) is 0 Å². The average molecular weight is 260 g/mol. The second-order valence-corrected chi connectivity index (χ2v) is 5.10. The first-order valence-corrected chi connectivity index (χ1v) is 7.04. The highest BCUT2D eigenvalue weighted by Crippen LogP contribution is 2.24. The summed E-state index contributed by atoms with van der Waals surface area (Å²) in [6.07, 6.45) is 3.24. The molecule has 1 unspecified atom stereocenters. The Morgan fingerprint density at radius 2 is 1.67 bits per heavy atom. The van der Waals surface area contributed by atoms with Crippen molar-refractivity contribution in [3.8, 4) is 0 Å². The van der Waals surface area contributed by atoms with Gasteiger partial charge >= 0.3 is 0 Å². The molecule has 0 aliphatic rings. The van der Waals surface area contributed by atoms with Crippen LogP contribution in [-0.4, -0.2) is 57.0 Å². The van der Waals surface area contributed by atoms with Crippen molar-refractivity contribution in [3.63, 3.8) is 0 Å². The molecule has 0 aromatic carbocycles. The Hall–Kier alpha value is -0.160. The molecule has 18 heavy (non-hydrogen) atoms. The van der Waals surface area contributed by atoms with Crippen LogP contribution in [0.25, 0.3) is 0 Å². The van der Waals surface area contributed by atoms with Gasteiger partial charge in [-0.2, -0.15) is 0 Å². The van der Waals surface area contributed by atoms with Crippen molar-refractivity contribution >= 4 is 0 Å². The number of methoxy groups -OCH3 is 2. The number of nitrogens with zero attached hydrogens (tertiary/aromatic N) is 1. The number of hydrogen-bond acceptors (Lipinski definition) is 4. The Balaban J connectivity index is 4.84. The molecular weight excluding hydrogens is 228 g/mol. The highest BCUT2D eigenvalue weighted by Gasteiger charge is 2.33. The third-order valence-electron chi connectivity index (χ3n) is 3.90. The molecule has 0 aromatic heterocycles. The van der Waals surface area contributed by atoms with Crippen LogP contribution in [0.15, 0.2) is 0 Å². The summed E-state index contributed by atoms with van der Waals surface area (Å²) in [5.74, 6) is 0. The van der Waals surface area contributed by atoms with Gasteiger partial charge in [0.05, 0.1) is 6.61 Å². The maximum Gasteiger partial charge on any atom is 0.0590 e. The van der Waals surface area contributed by atoms with Crippen LogP contribution in [-0.2, 0) is 9.47 Å². The maximum atomic E-state index is 6.03. The van der Waals surface area contributed by atoms with Gasteiger partial charge in [-0.25, -0.2) is 0 Å². The van der Waals surface area contributed by atoms with Crippen molar-refractivity contribution in [1.82, 2.24) is 4.90 Å². The molecule has 110 valence electrons. The van der Waals surface area contributed by atoms with Crippen LogP contribution in [0.4, 0.5) is 0 Å². The third kappa shape index (κ3) is 5.22. The summed E-state index contributed by atoms with van der Waals surface area (Å²) in [6, 6.07) is 0.561. The van der Waals surface area contributed by atoms with Gasteiger partial charge in [-0.05, 0) is 26.2 Å². The predicted octanol–water partition coefficient (Wildman–Crippen LogP) is 1.88. The van der Waals surface area contributed by atoms with Crippen molar-refractivity contribution in [3.05, 3.63) is 0 Å². The van der Waals surface area contributed by atoms with E-state index in [-0.39, 0.29) is 5.54 Å².